The number of nitriles is 1. The number of nitrogens with zero attached hydrogens (tertiary/aromatic N) is 3. The number of hydrogen-bond acceptors (Lipinski definition) is 7. The third-order valence-corrected chi connectivity index (χ3v) is 6.48. The largest absolute Gasteiger partial charge is 0.452 e. The molecule has 5 rings (SSSR count). The van der Waals surface area contributed by atoms with E-state index in [-0.39, 0.29) is 5.69 Å². The molecule has 0 spiro atoms. The molecule has 0 unspecified atom stereocenters. The predicted molar refractivity (Wildman–Crippen MR) is 146 cm³/mol. The first kappa shape index (κ1) is 25.3. The maximum atomic E-state index is 13.4. The normalized spacial score (nSPS) is 13.4. The highest BCUT2D eigenvalue weighted by Gasteiger charge is 2.26. The van der Waals surface area contributed by atoms with Gasteiger partial charge < -0.3 is 10.1 Å². The van der Waals surface area contributed by atoms with Crippen LogP contribution in [0.4, 0.5) is 11.4 Å². The second kappa shape index (κ2) is 10.9. The van der Waals surface area contributed by atoms with Gasteiger partial charge in [0.2, 0.25) is 0 Å². The van der Waals surface area contributed by atoms with Gasteiger partial charge in [-0.25, -0.2) is 9.78 Å². The number of allylic oxidation sites excluding steroid dienone is 1. The molecule has 1 N–H and O–H groups in total. The maximum absolute atomic E-state index is 13.4. The first-order chi connectivity index (χ1) is 18.9. The monoisotopic (exact) mass is 518 g/mol. The number of carbonyl (C=O) groups is 2. The lowest BCUT2D eigenvalue weighted by molar-refractivity contribution is -0.384. The van der Waals surface area contributed by atoms with Crippen molar-refractivity contribution in [3.8, 4) is 6.07 Å². The Morgan fingerprint density at radius 2 is 1.79 bits per heavy atom. The quantitative estimate of drug-likeness (QED) is 0.197. The molecule has 0 bridgehead atoms. The van der Waals surface area contributed by atoms with Gasteiger partial charge in [0.1, 0.15) is 6.07 Å². The average Bonchev–Trinajstić information content (AvgIpc) is 2.95. The van der Waals surface area contributed by atoms with Gasteiger partial charge in [-0.15, -0.1) is 0 Å². The Morgan fingerprint density at radius 3 is 2.56 bits per heavy atom. The van der Waals surface area contributed by atoms with Crippen molar-refractivity contribution >= 4 is 45.8 Å². The van der Waals surface area contributed by atoms with E-state index in [0.717, 1.165) is 29.5 Å². The SMILES string of the molecule is N#Cc1ccccc1NC(=O)COC(=O)c1c2c(nc3ccccc13)C(=Cc1ccc([N+](=O)[O-])cc1)CCC2. The lowest BCUT2D eigenvalue weighted by Crippen LogP contribution is -2.23. The molecule has 0 radical (unpaired) electrons. The van der Waals surface area contributed by atoms with Crippen LogP contribution in [0.1, 0.15) is 45.6 Å². The van der Waals surface area contributed by atoms with Crippen LogP contribution >= 0.6 is 0 Å². The van der Waals surface area contributed by atoms with Gasteiger partial charge in [-0.2, -0.15) is 5.26 Å². The van der Waals surface area contributed by atoms with Gasteiger partial charge in [0, 0.05) is 17.5 Å². The van der Waals surface area contributed by atoms with Gasteiger partial charge in [0.25, 0.3) is 11.6 Å². The van der Waals surface area contributed by atoms with Gasteiger partial charge in [0.05, 0.1) is 32.9 Å². The van der Waals surface area contributed by atoms with Crippen molar-refractivity contribution in [1.82, 2.24) is 4.98 Å². The van der Waals surface area contributed by atoms with Crippen LogP contribution in [0, 0.1) is 21.4 Å². The standard InChI is InChI=1S/C30H22N4O5/c31-17-21-6-1-3-10-25(21)32-27(35)18-39-30(36)28-23-8-2-4-11-26(23)33-29-20(7-5-9-24(28)29)16-19-12-14-22(15-13-19)34(37)38/h1-4,6,8,10-16H,5,7,9,18H2,(H,32,35). The summed E-state index contributed by atoms with van der Waals surface area (Å²) in [6.45, 7) is -0.518. The zero-order chi connectivity index (χ0) is 27.4. The van der Waals surface area contributed by atoms with Gasteiger partial charge in [-0.3, -0.25) is 14.9 Å². The molecule has 192 valence electrons. The van der Waals surface area contributed by atoms with E-state index in [1.54, 1.807) is 42.5 Å². The number of aromatic nitrogens is 1. The molecule has 1 aliphatic rings. The molecule has 1 heterocycles. The molecule has 9 heteroatoms. The van der Waals surface area contributed by atoms with Crippen LogP contribution in [0.5, 0.6) is 0 Å². The summed E-state index contributed by atoms with van der Waals surface area (Å²) >= 11 is 0. The van der Waals surface area contributed by atoms with Crippen LogP contribution in [0.15, 0.2) is 72.8 Å². The van der Waals surface area contributed by atoms with Gasteiger partial charge in [-0.1, -0.05) is 30.3 Å². The highest BCUT2D eigenvalue weighted by atomic mass is 16.6. The van der Waals surface area contributed by atoms with Crippen molar-refractivity contribution in [1.29, 1.82) is 5.26 Å². The predicted octanol–water partition coefficient (Wildman–Crippen LogP) is 5.69. The number of fused-ring (bicyclic) bond motifs is 2. The van der Waals surface area contributed by atoms with E-state index in [1.807, 2.05) is 30.3 Å². The minimum Gasteiger partial charge on any atom is -0.452 e. The van der Waals surface area contributed by atoms with Crippen LogP contribution < -0.4 is 5.32 Å². The number of benzene rings is 3. The zero-order valence-electron chi connectivity index (χ0n) is 20.7. The summed E-state index contributed by atoms with van der Waals surface area (Å²) in [4.78, 5) is 41.4. The first-order valence-corrected chi connectivity index (χ1v) is 12.3. The van der Waals surface area contributed by atoms with Crippen molar-refractivity contribution in [2.45, 2.75) is 19.3 Å². The summed E-state index contributed by atoms with van der Waals surface area (Å²) in [7, 11) is 0. The lowest BCUT2D eigenvalue weighted by atomic mass is 9.86. The smallest absolute Gasteiger partial charge is 0.339 e. The number of hydrogen-bond donors (Lipinski definition) is 1. The number of carbonyl (C=O) groups excluding carboxylic acids is 2. The number of nitrogens with one attached hydrogen (secondary N) is 1. The van der Waals surface area contributed by atoms with Crippen molar-refractivity contribution < 1.29 is 19.2 Å². The molecular weight excluding hydrogens is 496 g/mol. The molecule has 3 aromatic carbocycles. The second-order valence-electron chi connectivity index (χ2n) is 8.98. The van der Waals surface area contributed by atoms with Gasteiger partial charge in [-0.05, 0) is 72.4 Å². The molecule has 1 aliphatic carbocycles. The number of esters is 1. The third-order valence-electron chi connectivity index (χ3n) is 6.48. The zero-order valence-corrected chi connectivity index (χ0v) is 20.7. The van der Waals surface area contributed by atoms with Crippen molar-refractivity contribution in [3.63, 3.8) is 0 Å². The molecule has 0 atom stereocenters. The number of rotatable bonds is 6. The van der Waals surface area contributed by atoms with E-state index < -0.39 is 23.4 Å². The molecule has 0 aliphatic heterocycles. The summed E-state index contributed by atoms with van der Waals surface area (Å²) in [5, 5.41) is 23.5. The molecule has 39 heavy (non-hydrogen) atoms. The van der Waals surface area contributed by atoms with E-state index in [4.69, 9.17) is 9.72 Å². The minimum absolute atomic E-state index is 0.00972. The van der Waals surface area contributed by atoms with Gasteiger partial charge >= 0.3 is 5.97 Å². The van der Waals surface area contributed by atoms with E-state index >= 15 is 0 Å². The Hall–Kier alpha value is -5.36. The fraction of sp³-hybridized carbons (Fsp3) is 0.133. The number of anilines is 1. The van der Waals surface area contributed by atoms with Crippen LogP contribution in [0.3, 0.4) is 0 Å². The fourth-order valence-corrected chi connectivity index (χ4v) is 4.68. The minimum atomic E-state index is -0.634. The maximum Gasteiger partial charge on any atom is 0.339 e. The number of pyridine rings is 1. The molecule has 4 aromatic rings. The summed E-state index contributed by atoms with van der Waals surface area (Å²) in [5.74, 6) is -1.19. The van der Waals surface area contributed by atoms with Crippen LogP contribution in [0.25, 0.3) is 22.6 Å². The lowest BCUT2D eigenvalue weighted by Gasteiger charge is -2.22. The van der Waals surface area contributed by atoms with Crippen molar-refractivity contribution in [3.05, 3.63) is 111 Å². The van der Waals surface area contributed by atoms with Crippen molar-refractivity contribution in [2.24, 2.45) is 0 Å². The molecule has 0 fully saturated rings. The number of para-hydroxylation sites is 2. The van der Waals surface area contributed by atoms with Crippen LogP contribution in [-0.2, 0) is 16.0 Å². The Kier molecular flexibility index (Phi) is 7.10. The first-order valence-electron chi connectivity index (χ1n) is 12.3. The molecule has 0 saturated heterocycles. The highest BCUT2D eigenvalue weighted by Crippen LogP contribution is 2.36. The van der Waals surface area contributed by atoms with E-state index in [2.05, 4.69) is 5.32 Å². The number of nitro groups is 1. The summed E-state index contributed by atoms with van der Waals surface area (Å²) < 4.78 is 5.45. The van der Waals surface area contributed by atoms with E-state index in [9.17, 15) is 25.0 Å². The van der Waals surface area contributed by atoms with Crippen molar-refractivity contribution in [2.75, 3.05) is 11.9 Å². The van der Waals surface area contributed by atoms with Gasteiger partial charge in [0.15, 0.2) is 6.61 Å². The fourth-order valence-electron chi connectivity index (χ4n) is 4.68. The molecule has 1 aromatic heterocycles. The number of amides is 1. The third kappa shape index (κ3) is 5.36. The number of non-ortho nitro benzene ring substituents is 1. The Morgan fingerprint density at radius 1 is 1.05 bits per heavy atom. The van der Waals surface area contributed by atoms with E-state index in [1.165, 1.54) is 12.1 Å². The van der Waals surface area contributed by atoms with E-state index in [0.29, 0.717) is 39.8 Å². The Balaban J connectivity index is 1.45. The number of nitro benzene ring substituents is 1. The summed E-state index contributed by atoms with van der Waals surface area (Å²) in [5.41, 5.74) is 4.77. The van der Waals surface area contributed by atoms with Crippen LogP contribution in [0.2, 0.25) is 0 Å². The Labute approximate surface area is 223 Å². The second-order valence-corrected chi connectivity index (χ2v) is 8.98. The molecule has 1 amide bonds. The highest BCUT2D eigenvalue weighted by molar-refractivity contribution is 6.07. The summed E-state index contributed by atoms with van der Waals surface area (Å²) in [6.07, 6.45) is 4.04. The average molecular weight is 519 g/mol. The Bertz CT molecular complexity index is 1690. The topological polar surface area (TPSA) is 135 Å². The molecule has 0 saturated carbocycles. The van der Waals surface area contributed by atoms with Crippen LogP contribution in [-0.4, -0.2) is 28.4 Å². The molecule has 9 nitrogen and oxygen atoms in total. The number of ether oxygens (including phenoxy) is 1. The molecular formula is C30H22N4O5. The summed E-state index contributed by atoms with van der Waals surface area (Å²) in [6, 6.07) is 22.1.